The van der Waals surface area contributed by atoms with Crippen LogP contribution in [0.2, 0.25) is 0 Å². The van der Waals surface area contributed by atoms with Crippen LogP contribution in [0.25, 0.3) is 5.65 Å². The van der Waals surface area contributed by atoms with E-state index in [2.05, 4.69) is 32.3 Å². The van der Waals surface area contributed by atoms with E-state index in [1.165, 1.54) is 11.1 Å². The summed E-state index contributed by atoms with van der Waals surface area (Å²) in [6.07, 6.45) is 0.240. The minimum absolute atomic E-state index is 0.0530. The van der Waals surface area contributed by atoms with Crippen LogP contribution < -0.4 is 4.90 Å². The van der Waals surface area contributed by atoms with Gasteiger partial charge in [0.05, 0.1) is 12.6 Å². The minimum Gasteiger partial charge on any atom is -0.363 e. The molecule has 0 bridgehead atoms. The van der Waals surface area contributed by atoms with Gasteiger partial charge in [-0.2, -0.15) is 4.52 Å². The molecule has 1 atom stereocenters. The van der Waals surface area contributed by atoms with Crippen molar-refractivity contribution in [2.45, 2.75) is 32.1 Å². The molecule has 8 nitrogen and oxygen atoms in total. The van der Waals surface area contributed by atoms with Gasteiger partial charge in [-0.1, -0.05) is 24.3 Å². The number of hydrogen-bond donors (Lipinski definition) is 0. The zero-order valence-corrected chi connectivity index (χ0v) is 15.9. The largest absolute Gasteiger partial charge is 0.363 e. The number of anilines is 1. The lowest BCUT2D eigenvalue weighted by molar-refractivity contribution is -0.146. The Morgan fingerprint density at radius 1 is 1.14 bits per heavy atom. The highest BCUT2D eigenvalue weighted by Crippen LogP contribution is 2.25. The van der Waals surface area contributed by atoms with Crippen LogP contribution in [0.4, 0.5) is 5.82 Å². The van der Waals surface area contributed by atoms with E-state index in [-0.39, 0.29) is 11.9 Å². The molecular formula is C20H22N6O2. The number of nitrogens with zero attached hydrogens (tertiary/aromatic N) is 6. The van der Waals surface area contributed by atoms with Gasteiger partial charge in [0.2, 0.25) is 0 Å². The molecule has 1 saturated heterocycles. The van der Waals surface area contributed by atoms with Crippen LogP contribution in [-0.4, -0.2) is 62.9 Å². The molecule has 2 aliphatic rings. The first kappa shape index (κ1) is 17.1. The van der Waals surface area contributed by atoms with Crippen molar-refractivity contribution >= 4 is 17.4 Å². The monoisotopic (exact) mass is 378 g/mol. The van der Waals surface area contributed by atoms with Crippen LogP contribution >= 0.6 is 0 Å². The van der Waals surface area contributed by atoms with Crippen LogP contribution in [0.3, 0.4) is 0 Å². The second-order valence-corrected chi connectivity index (χ2v) is 7.49. The predicted octanol–water partition coefficient (Wildman–Crippen LogP) is 1.22. The molecular weight excluding hydrogens is 356 g/mol. The Kier molecular flexibility index (Phi) is 4.01. The average Bonchev–Trinajstić information content (AvgIpc) is 3.06. The third kappa shape index (κ3) is 2.80. The molecule has 1 fully saturated rings. The third-order valence-corrected chi connectivity index (χ3v) is 5.73. The summed E-state index contributed by atoms with van der Waals surface area (Å²) in [6.45, 7) is 3.89. The van der Waals surface area contributed by atoms with Crippen LogP contribution in [0.15, 0.2) is 36.4 Å². The van der Waals surface area contributed by atoms with Crippen LogP contribution in [0.5, 0.6) is 0 Å². The Morgan fingerprint density at radius 2 is 1.93 bits per heavy atom. The molecule has 0 saturated carbocycles. The summed E-state index contributed by atoms with van der Waals surface area (Å²) < 4.78 is 7.58. The Bertz CT molecular complexity index is 1040. The number of hydrogen-bond acceptors (Lipinski definition) is 6. The van der Waals surface area contributed by atoms with Gasteiger partial charge in [0.1, 0.15) is 11.9 Å². The second kappa shape index (κ2) is 6.56. The quantitative estimate of drug-likeness (QED) is 0.682. The summed E-state index contributed by atoms with van der Waals surface area (Å²) in [5.74, 6) is 1.68. The molecule has 2 aliphatic heterocycles. The molecule has 1 aromatic carbocycles. The van der Waals surface area contributed by atoms with Gasteiger partial charge in [0, 0.05) is 26.6 Å². The molecule has 0 radical (unpaired) electrons. The van der Waals surface area contributed by atoms with Gasteiger partial charge in [-0.05, 0) is 30.2 Å². The van der Waals surface area contributed by atoms with Crippen molar-refractivity contribution in [3.05, 3.63) is 53.3 Å². The summed E-state index contributed by atoms with van der Waals surface area (Å²) in [6, 6.07) is 12.2. The Morgan fingerprint density at radius 3 is 2.75 bits per heavy atom. The Labute approximate surface area is 162 Å². The van der Waals surface area contributed by atoms with Crippen molar-refractivity contribution in [2.75, 3.05) is 25.0 Å². The van der Waals surface area contributed by atoms with Crippen molar-refractivity contribution in [2.24, 2.45) is 0 Å². The maximum Gasteiger partial charge on any atom is 0.252 e. The highest BCUT2D eigenvalue weighted by atomic mass is 16.5. The molecule has 0 spiro atoms. The molecule has 0 N–H and O–H groups in total. The standard InChI is InChI=1S/C20H22N6O2/c1-13-21-22-18-7-8-19(23-26(13)18)25-10-16(11-25)24(2)20(27)17-9-14-5-3-4-6-15(14)12-28-17/h3-8,16-17H,9-12H2,1-2H3. The van der Waals surface area contributed by atoms with E-state index < -0.39 is 6.10 Å². The molecule has 5 rings (SSSR count). The van der Waals surface area contributed by atoms with E-state index in [1.807, 2.05) is 43.1 Å². The minimum atomic E-state index is -0.400. The first-order valence-corrected chi connectivity index (χ1v) is 9.49. The summed E-state index contributed by atoms with van der Waals surface area (Å²) in [4.78, 5) is 16.9. The Balaban J connectivity index is 1.23. The highest BCUT2D eigenvalue weighted by molar-refractivity contribution is 5.82. The molecule has 3 aromatic rings. The van der Waals surface area contributed by atoms with Crippen LogP contribution in [-0.2, 0) is 22.6 Å². The van der Waals surface area contributed by atoms with Gasteiger partial charge < -0.3 is 14.5 Å². The Hall–Kier alpha value is -3.00. The van der Waals surface area contributed by atoms with Crippen molar-refractivity contribution < 1.29 is 9.53 Å². The number of carbonyl (C=O) groups excluding carboxylic acids is 1. The van der Waals surface area contributed by atoms with E-state index in [1.54, 1.807) is 4.52 Å². The SMILES string of the molecule is Cc1nnc2ccc(N3CC(N(C)C(=O)C4Cc5ccccc5CO4)C3)nn12. The fourth-order valence-electron chi connectivity index (χ4n) is 3.85. The number of amides is 1. The van der Waals surface area contributed by atoms with Gasteiger partial charge in [0.15, 0.2) is 11.5 Å². The number of carbonyl (C=O) groups is 1. The third-order valence-electron chi connectivity index (χ3n) is 5.73. The van der Waals surface area contributed by atoms with E-state index in [9.17, 15) is 4.79 Å². The number of aryl methyl sites for hydroxylation is 1. The van der Waals surface area contributed by atoms with Crippen LogP contribution in [0.1, 0.15) is 17.0 Å². The molecule has 8 heteroatoms. The maximum absolute atomic E-state index is 12.9. The summed E-state index contributed by atoms with van der Waals surface area (Å²) in [5, 5.41) is 12.7. The predicted molar refractivity (Wildman–Crippen MR) is 103 cm³/mol. The number of fused-ring (bicyclic) bond motifs is 2. The first-order chi connectivity index (χ1) is 13.6. The number of benzene rings is 1. The highest BCUT2D eigenvalue weighted by Gasteiger charge is 2.37. The van der Waals surface area contributed by atoms with Gasteiger partial charge >= 0.3 is 0 Å². The zero-order chi connectivity index (χ0) is 19.3. The first-order valence-electron chi connectivity index (χ1n) is 9.49. The number of likely N-dealkylation sites (N-methyl/N-ethyl adjacent to an activating group) is 1. The lowest BCUT2D eigenvalue weighted by Crippen LogP contribution is -2.61. The topological polar surface area (TPSA) is 75.9 Å². The molecule has 28 heavy (non-hydrogen) atoms. The normalized spacial score (nSPS) is 19.4. The molecule has 2 aromatic heterocycles. The van der Waals surface area contributed by atoms with E-state index in [0.717, 1.165) is 30.4 Å². The zero-order valence-electron chi connectivity index (χ0n) is 15.9. The average molecular weight is 378 g/mol. The number of aromatic nitrogens is 4. The van der Waals surface area contributed by atoms with Gasteiger partial charge in [0.25, 0.3) is 5.91 Å². The van der Waals surface area contributed by atoms with E-state index >= 15 is 0 Å². The van der Waals surface area contributed by atoms with Gasteiger partial charge in [-0.15, -0.1) is 15.3 Å². The van der Waals surface area contributed by atoms with Crippen molar-refractivity contribution in [1.29, 1.82) is 0 Å². The second-order valence-electron chi connectivity index (χ2n) is 7.49. The molecule has 4 heterocycles. The van der Waals surface area contributed by atoms with Gasteiger partial charge in [-0.25, -0.2) is 0 Å². The van der Waals surface area contributed by atoms with Crippen LogP contribution in [0, 0.1) is 6.92 Å². The van der Waals surface area contributed by atoms with E-state index in [0.29, 0.717) is 13.0 Å². The van der Waals surface area contributed by atoms with Crippen molar-refractivity contribution in [1.82, 2.24) is 24.7 Å². The number of rotatable bonds is 3. The lowest BCUT2D eigenvalue weighted by Gasteiger charge is -2.45. The van der Waals surface area contributed by atoms with E-state index in [4.69, 9.17) is 4.74 Å². The maximum atomic E-state index is 12.9. The summed E-state index contributed by atoms with van der Waals surface area (Å²) >= 11 is 0. The lowest BCUT2D eigenvalue weighted by atomic mass is 9.98. The van der Waals surface area contributed by atoms with Crippen molar-refractivity contribution in [3.8, 4) is 0 Å². The molecule has 1 unspecified atom stereocenters. The molecule has 1 amide bonds. The molecule has 0 aliphatic carbocycles. The number of ether oxygens (including phenoxy) is 1. The fraction of sp³-hybridized carbons (Fsp3) is 0.400. The molecule has 144 valence electrons. The summed E-state index contributed by atoms with van der Waals surface area (Å²) in [7, 11) is 1.87. The smallest absolute Gasteiger partial charge is 0.252 e. The van der Waals surface area contributed by atoms with Gasteiger partial charge in [-0.3, -0.25) is 4.79 Å². The fourth-order valence-corrected chi connectivity index (χ4v) is 3.85. The van der Waals surface area contributed by atoms with Crippen molar-refractivity contribution in [3.63, 3.8) is 0 Å². The summed E-state index contributed by atoms with van der Waals surface area (Å²) in [5.41, 5.74) is 3.12.